The van der Waals surface area contributed by atoms with Gasteiger partial charge in [0.2, 0.25) is 0 Å². The van der Waals surface area contributed by atoms with E-state index in [0.29, 0.717) is 5.39 Å². The molecule has 0 amide bonds. The number of alkyl halides is 3. The predicted molar refractivity (Wildman–Crippen MR) is 66.5 cm³/mol. The molecule has 0 aliphatic heterocycles. The van der Waals surface area contributed by atoms with Gasteiger partial charge >= 0.3 is 6.18 Å². The highest BCUT2D eigenvalue weighted by Gasteiger charge is 2.30. The van der Waals surface area contributed by atoms with E-state index in [-0.39, 0.29) is 0 Å². The van der Waals surface area contributed by atoms with Gasteiger partial charge in [-0.2, -0.15) is 13.2 Å². The second-order valence-corrected chi connectivity index (χ2v) is 4.22. The van der Waals surface area contributed by atoms with E-state index in [9.17, 15) is 13.2 Å². The third-order valence-corrected chi connectivity index (χ3v) is 3.07. The van der Waals surface area contributed by atoms with Crippen molar-refractivity contribution in [3.8, 4) is 0 Å². The van der Waals surface area contributed by atoms with Crippen LogP contribution in [0.5, 0.6) is 0 Å². The Labute approximate surface area is 102 Å². The summed E-state index contributed by atoms with van der Waals surface area (Å²) in [7, 11) is 0. The van der Waals surface area contributed by atoms with Crippen LogP contribution in [0.4, 0.5) is 13.2 Å². The predicted octanol–water partition coefficient (Wildman–Crippen LogP) is 5.01. The molecule has 3 aromatic rings. The Morgan fingerprint density at radius 3 is 2.11 bits per heavy atom. The van der Waals surface area contributed by atoms with E-state index in [1.54, 1.807) is 12.1 Å². The highest BCUT2D eigenvalue weighted by Crippen LogP contribution is 2.33. The summed E-state index contributed by atoms with van der Waals surface area (Å²) >= 11 is 0. The molecule has 0 N–H and O–H groups in total. The van der Waals surface area contributed by atoms with Crippen molar-refractivity contribution in [1.29, 1.82) is 0 Å². The topological polar surface area (TPSA) is 0 Å². The Morgan fingerprint density at radius 1 is 0.667 bits per heavy atom. The van der Waals surface area contributed by atoms with Crippen molar-refractivity contribution < 1.29 is 13.2 Å². The van der Waals surface area contributed by atoms with Crippen molar-refractivity contribution in [2.24, 2.45) is 0 Å². The van der Waals surface area contributed by atoms with E-state index in [0.717, 1.165) is 22.2 Å². The van der Waals surface area contributed by atoms with Gasteiger partial charge in [-0.15, -0.1) is 0 Å². The maximum absolute atomic E-state index is 12.6. The van der Waals surface area contributed by atoms with Crippen LogP contribution in [0.3, 0.4) is 0 Å². The van der Waals surface area contributed by atoms with Crippen molar-refractivity contribution in [3.63, 3.8) is 0 Å². The number of benzene rings is 3. The normalized spacial score (nSPS) is 12.2. The van der Waals surface area contributed by atoms with Crippen molar-refractivity contribution in [2.45, 2.75) is 6.18 Å². The van der Waals surface area contributed by atoms with Crippen LogP contribution in [-0.4, -0.2) is 0 Å². The lowest BCUT2D eigenvalue weighted by Gasteiger charge is -2.09. The van der Waals surface area contributed by atoms with Crippen molar-refractivity contribution >= 4 is 21.5 Å². The molecule has 0 bridgehead atoms. The standard InChI is InChI=1S/C15H9F3/c16-15(17,18)12-7-8-14-11(9-12)6-5-10-3-1-2-4-13(10)14/h1-9H. The van der Waals surface area contributed by atoms with Gasteiger partial charge < -0.3 is 0 Å². The van der Waals surface area contributed by atoms with Crippen LogP contribution in [0.1, 0.15) is 5.56 Å². The number of fused-ring (bicyclic) bond motifs is 3. The maximum Gasteiger partial charge on any atom is 0.416 e. The van der Waals surface area contributed by atoms with Gasteiger partial charge in [-0.1, -0.05) is 42.5 Å². The zero-order valence-corrected chi connectivity index (χ0v) is 9.33. The summed E-state index contributed by atoms with van der Waals surface area (Å²) in [5.74, 6) is 0. The van der Waals surface area contributed by atoms with Crippen LogP contribution in [0.25, 0.3) is 21.5 Å². The van der Waals surface area contributed by atoms with Crippen molar-refractivity contribution in [1.82, 2.24) is 0 Å². The van der Waals surface area contributed by atoms with Crippen LogP contribution >= 0.6 is 0 Å². The van der Waals surface area contributed by atoms with Gasteiger partial charge in [-0.25, -0.2) is 0 Å². The molecule has 0 aromatic heterocycles. The summed E-state index contributed by atoms with van der Waals surface area (Å²) in [5.41, 5.74) is -0.606. The monoisotopic (exact) mass is 246 g/mol. The second kappa shape index (κ2) is 3.73. The molecule has 0 nitrogen and oxygen atoms in total. The minimum Gasteiger partial charge on any atom is -0.166 e. The summed E-state index contributed by atoms with van der Waals surface area (Å²) in [6, 6.07) is 15.1. The number of hydrogen-bond donors (Lipinski definition) is 0. The van der Waals surface area contributed by atoms with Crippen LogP contribution in [0, 0.1) is 0 Å². The molecule has 0 aliphatic rings. The van der Waals surface area contributed by atoms with Gasteiger partial charge in [0.25, 0.3) is 0 Å². The lowest BCUT2D eigenvalue weighted by molar-refractivity contribution is -0.137. The molecule has 3 aromatic carbocycles. The van der Waals surface area contributed by atoms with Crippen LogP contribution < -0.4 is 0 Å². The zero-order valence-electron chi connectivity index (χ0n) is 9.33. The van der Waals surface area contributed by atoms with E-state index in [2.05, 4.69) is 0 Å². The number of hydrogen-bond acceptors (Lipinski definition) is 0. The quantitative estimate of drug-likeness (QED) is 0.489. The summed E-state index contributed by atoms with van der Waals surface area (Å²) in [5, 5.41) is 3.47. The molecule has 0 radical (unpaired) electrons. The molecule has 3 rings (SSSR count). The summed E-state index contributed by atoms with van der Waals surface area (Å²) < 4.78 is 37.9. The van der Waals surface area contributed by atoms with Crippen LogP contribution in [-0.2, 0) is 6.18 Å². The van der Waals surface area contributed by atoms with Gasteiger partial charge in [0.05, 0.1) is 5.56 Å². The van der Waals surface area contributed by atoms with E-state index in [4.69, 9.17) is 0 Å². The molecule has 0 aliphatic carbocycles. The highest BCUT2D eigenvalue weighted by atomic mass is 19.4. The highest BCUT2D eigenvalue weighted by molar-refractivity contribution is 6.07. The van der Waals surface area contributed by atoms with Crippen molar-refractivity contribution in [2.75, 3.05) is 0 Å². The average Bonchev–Trinajstić information content (AvgIpc) is 2.37. The van der Waals surface area contributed by atoms with Gasteiger partial charge in [-0.3, -0.25) is 0 Å². The number of halogens is 3. The largest absolute Gasteiger partial charge is 0.416 e. The first-order chi connectivity index (χ1) is 8.55. The van der Waals surface area contributed by atoms with Crippen LogP contribution in [0.15, 0.2) is 54.6 Å². The first-order valence-corrected chi connectivity index (χ1v) is 5.54. The summed E-state index contributed by atoms with van der Waals surface area (Å²) in [6.07, 6.45) is -4.29. The molecule has 0 atom stereocenters. The third kappa shape index (κ3) is 1.72. The van der Waals surface area contributed by atoms with Gasteiger partial charge in [0, 0.05) is 0 Å². The smallest absolute Gasteiger partial charge is 0.166 e. The van der Waals surface area contributed by atoms with E-state index < -0.39 is 11.7 Å². The molecular formula is C15H9F3. The average molecular weight is 246 g/mol. The third-order valence-electron chi connectivity index (χ3n) is 3.07. The molecule has 3 heteroatoms. The first kappa shape index (κ1) is 11.1. The Kier molecular flexibility index (Phi) is 2.30. The molecular weight excluding hydrogens is 237 g/mol. The fraction of sp³-hybridized carbons (Fsp3) is 0.0667. The van der Waals surface area contributed by atoms with E-state index in [1.165, 1.54) is 6.07 Å². The minimum atomic E-state index is -4.29. The minimum absolute atomic E-state index is 0.606. The molecule has 0 spiro atoms. The van der Waals surface area contributed by atoms with Gasteiger partial charge in [0.1, 0.15) is 0 Å². The fourth-order valence-electron chi connectivity index (χ4n) is 2.19. The Bertz CT molecular complexity index is 726. The zero-order chi connectivity index (χ0) is 12.8. The molecule has 0 saturated heterocycles. The molecule has 0 saturated carbocycles. The maximum atomic E-state index is 12.6. The van der Waals surface area contributed by atoms with Crippen molar-refractivity contribution in [3.05, 3.63) is 60.2 Å². The van der Waals surface area contributed by atoms with E-state index >= 15 is 0 Å². The Morgan fingerprint density at radius 2 is 1.33 bits per heavy atom. The number of rotatable bonds is 0. The first-order valence-electron chi connectivity index (χ1n) is 5.54. The SMILES string of the molecule is FC(F)(F)c1ccc2c(ccc3ccccc32)c1. The lowest BCUT2D eigenvalue weighted by atomic mass is 10.0. The molecule has 0 heterocycles. The Hall–Kier alpha value is -2.03. The van der Waals surface area contributed by atoms with Gasteiger partial charge in [-0.05, 0) is 33.7 Å². The van der Waals surface area contributed by atoms with Crippen LogP contribution in [0.2, 0.25) is 0 Å². The second-order valence-electron chi connectivity index (χ2n) is 4.22. The lowest BCUT2D eigenvalue weighted by Crippen LogP contribution is -2.04. The molecule has 18 heavy (non-hydrogen) atoms. The Balaban J connectivity index is 2.35. The molecule has 0 unspecified atom stereocenters. The molecule has 0 fully saturated rings. The summed E-state index contributed by atoms with van der Waals surface area (Å²) in [4.78, 5) is 0. The van der Waals surface area contributed by atoms with Gasteiger partial charge in [0.15, 0.2) is 0 Å². The summed E-state index contributed by atoms with van der Waals surface area (Å²) in [6.45, 7) is 0. The van der Waals surface area contributed by atoms with E-state index in [1.807, 2.05) is 30.3 Å². The fourth-order valence-corrected chi connectivity index (χ4v) is 2.19. The molecule has 90 valence electrons.